The van der Waals surface area contributed by atoms with Gasteiger partial charge in [0.05, 0.1) is 6.20 Å². The Hall–Kier alpha value is -1.49. The lowest BCUT2D eigenvalue weighted by Gasteiger charge is -2.22. The first-order valence-electron chi connectivity index (χ1n) is 6.02. The summed E-state index contributed by atoms with van der Waals surface area (Å²) in [6.45, 7) is 6.18. The Morgan fingerprint density at radius 2 is 1.89 bits per heavy atom. The maximum Gasteiger partial charge on any atom is 0.129 e. The van der Waals surface area contributed by atoms with Crippen LogP contribution in [0.3, 0.4) is 0 Å². The van der Waals surface area contributed by atoms with Gasteiger partial charge in [0, 0.05) is 28.2 Å². The molecule has 0 aliphatic rings. The second-order valence-electron chi connectivity index (χ2n) is 5.67. The summed E-state index contributed by atoms with van der Waals surface area (Å²) < 4.78 is 2.50. The summed E-state index contributed by atoms with van der Waals surface area (Å²) in [4.78, 5) is 0. The summed E-state index contributed by atoms with van der Waals surface area (Å²) in [6, 6.07) is 3.79. The number of halogens is 1. The van der Waals surface area contributed by atoms with Gasteiger partial charge in [0.2, 0.25) is 0 Å². The van der Waals surface area contributed by atoms with Crippen molar-refractivity contribution in [1.82, 2.24) is 9.78 Å². The van der Waals surface area contributed by atoms with E-state index in [0.717, 1.165) is 15.6 Å². The number of aryl methyl sites for hydroxylation is 1. The van der Waals surface area contributed by atoms with Gasteiger partial charge in [-0.1, -0.05) is 36.7 Å². The number of phenolic OH excluding ortho intramolecular Hbond substituents is 1. The highest BCUT2D eigenvalue weighted by molar-refractivity contribution is 9.10. The first-order chi connectivity index (χ1) is 8.71. The Labute approximate surface area is 121 Å². The van der Waals surface area contributed by atoms with E-state index in [0.29, 0.717) is 11.4 Å². The number of nitrogens with two attached hydrogens (primary N) is 1. The lowest BCUT2D eigenvalue weighted by molar-refractivity contribution is 0.448. The van der Waals surface area contributed by atoms with E-state index in [1.807, 2.05) is 12.1 Å². The standard InChI is InChI=1S/C14H18BrN3O/c1-14(2,3)11-6-8(15)5-9(12(11)19)10-7-17-18(4)13(10)16/h5-7,19H,16H2,1-4H3. The average molecular weight is 324 g/mol. The molecule has 3 N–H and O–H groups in total. The van der Waals surface area contributed by atoms with Gasteiger partial charge >= 0.3 is 0 Å². The van der Waals surface area contributed by atoms with E-state index >= 15 is 0 Å². The molecule has 1 aromatic carbocycles. The zero-order valence-electron chi connectivity index (χ0n) is 11.5. The molecule has 0 bridgehead atoms. The molecule has 2 rings (SSSR count). The van der Waals surface area contributed by atoms with Crippen molar-refractivity contribution in [2.75, 3.05) is 5.73 Å². The summed E-state index contributed by atoms with van der Waals surface area (Å²) >= 11 is 3.49. The number of hydrogen-bond donors (Lipinski definition) is 2. The molecule has 1 heterocycles. The highest BCUT2D eigenvalue weighted by Crippen LogP contribution is 2.42. The third-order valence-corrected chi connectivity index (χ3v) is 3.62. The summed E-state index contributed by atoms with van der Waals surface area (Å²) in [6.07, 6.45) is 1.67. The predicted octanol–water partition coefficient (Wildman–Crippen LogP) is 3.43. The van der Waals surface area contributed by atoms with Crippen LogP contribution in [0.2, 0.25) is 0 Å². The van der Waals surface area contributed by atoms with Crippen LogP contribution in [-0.2, 0) is 12.5 Å². The largest absolute Gasteiger partial charge is 0.507 e. The molecule has 0 radical (unpaired) electrons. The molecule has 0 atom stereocenters. The van der Waals surface area contributed by atoms with Gasteiger partial charge in [-0.05, 0) is 17.5 Å². The second kappa shape index (κ2) is 4.56. The number of benzene rings is 1. The molecular weight excluding hydrogens is 306 g/mol. The highest BCUT2D eigenvalue weighted by atomic mass is 79.9. The molecule has 5 heteroatoms. The van der Waals surface area contributed by atoms with Gasteiger partial charge in [0.15, 0.2) is 0 Å². The Morgan fingerprint density at radius 3 is 2.37 bits per heavy atom. The van der Waals surface area contributed by atoms with Crippen molar-refractivity contribution in [2.45, 2.75) is 26.2 Å². The van der Waals surface area contributed by atoms with Crippen molar-refractivity contribution < 1.29 is 5.11 Å². The van der Waals surface area contributed by atoms with Crippen LogP contribution in [-0.4, -0.2) is 14.9 Å². The van der Waals surface area contributed by atoms with E-state index in [-0.39, 0.29) is 11.2 Å². The quantitative estimate of drug-likeness (QED) is 0.845. The normalized spacial score (nSPS) is 11.8. The fourth-order valence-corrected chi connectivity index (χ4v) is 2.49. The van der Waals surface area contributed by atoms with Crippen molar-refractivity contribution in [2.24, 2.45) is 7.05 Å². The van der Waals surface area contributed by atoms with Gasteiger partial charge in [0.1, 0.15) is 11.6 Å². The van der Waals surface area contributed by atoms with Gasteiger partial charge in [0.25, 0.3) is 0 Å². The molecule has 0 aliphatic heterocycles. The molecule has 4 nitrogen and oxygen atoms in total. The summed E-state index contributed by atoms with van der Waals surface area (Å²) in [5.74, 6) is 0.795. The number of nitrogens with zero attached hydrogens (tertiary/aromatic N) is 2. The molecule has 1 aromatic heterocycles. The minimum absolute atomic E-state index is 0.153. The molecule has 0 spiro atoms. The fraction of sp³-hybridized carbons (Fsp3) is 0.357. The van der Waals surface area contributed by atoms with Gasteiger partial charge in [-0.15, -0.1) is 0 Å². The minimum atomic E-state index is -0.153. The molecule has 0 fully saturated rings. The van der Waals surface area contributed by atoms with Crippen molar-refractivity contribution in [3.05, 3.63) is 28.4 Å². The molecule has 0 saturated carbocycles. The third kappa shape index (κ3) is 2.47. The minimum Gasteiger partial charge on any atom is -0.507 e. The number of aromatic nitrogens is 2. The molecule has 0 aliphatic carbocycles. The van der Waals surface area contributed by atoms with Gasteiger partial charge < -0.3 is 10.8 Å². The summed E-state index contributed by atoms with van der Waals surface area (Å²) in [5, 5.41) is 14.6. The van der Waals surface area contributed by atoms with Crippen molar-refractivity contribution in [3.63, 3.8) is 0 Å². The highest BCUT2D eigenvalue weighted by Gasteiger charge is 2.23. The van der Waals surface area contributed by atoms with E-state index in [1.54, 1.807) is 17.9 Å². The van der Waals surface area contributed by atoms with Crippen molar-refractivity contribution in [3.8, 4) is 16.9 Å². The van der Waals surface area contributed by atoms with Crippen LogP contribution in [0.25, 0.3) is 11.1 Å². The van der Waals surface area contributed by atoms with Crippen LogP contribution in [0.15, 0.2) is 22.8 Å². The summed E-state index contributed by atoms with van der Waals surface area (Å²) in [7, 11) is 1.78. The molecule has 2 aromatic rings. The molecule has 0 saturated heterocycles. The van der Waals surface area contributed by atoms with Crippen LogP contribution in [0, 0.1) is 0 Å². The summed E-state index contributed by atoms with van der Waals surface area (Å²) in [5.41, 5.74) is 8.15. The van der Waals surface area contributed by atoms with Crippen LogP contribution in [0.4, 0.5) is 5.82 Å². The van der Waals surface area contributed by atoms with E-state index in [1.165, 1.54) is 0 Å². The number of phenols is 1. The van der Waals surface area contributed by atoms with E-state index in [2.05, 4.69) is 41.8 Å². The monoisotopic (exact) mass is 323 g/mol. The molecular formula is C14H18BrN3O. The third-order valence-electron chi connectivity index (χ3n) is 3.16. The fourth-order valence-electron chi connectivity index (χ4n) is 2.03. The first kappa shape index (κ1) is 13.9. The Morgan fingerprint density at radius 1 is 1.26 bits per heavy atom. The van der Waals surface area contributed by atoms with Crippen molar-refractivity contribution >= 4 is 21.7 Å². The van der Waals surface area contributed by atoms with Gasteiger partial charge in [-0.25, -0.2) is 0 Å². The Balaban J connectivity index is 2.72. The van der Waals surface area contributed by atoms with Gasteiger partial charge in [-0.3, -0.25) is 4.68 Å². The lowest BCUT2D eigenvalue weighted by Crippen LogP contribution is -2.11. The van der Waals surface area contributed by atoms with Crippen LogP contribution >= 0.6 is 15.9 Å². The maximum absolute atomic E-state index is 10.5. The first-order valence-corrected chi connectivity index (χ1v) is 6.82. The molecule has 19 heavy (non-hydrogen) atoms. The van der Waals surface area contributed by atoms with Crippen LogP contribution in [0.5, 0.6) is 5.75 Å². The smallest absolute Gasteiger partial charge is 0.129 e. The van der Waals surface area contributed by atoms with Gasteiger partial charge in [-0.2, -0.15) is 5.10 Å². The maximum atomic E-state index is 10.5. The number of hydrogen-bond acceptors (Lipinski definition) is 3. The number of nitrogen functional groups attached to an aromatic ring is 1. The average Bonchev–Trinajstić information content (AvgIpc) is 2.61. The molecule has 0 amide bonds. The zero-order chi connectivity index (χ0) is 14.4. The zero-order valence-corrected chi connectivity index (χ0v) is 13.1. The number of anilines is 1. The Bertz CT molecular complexity index is 626. The lowest BCUT2D eigenvalue weighted by atomic mass is 9.84. The van der Waals surface area contributed by atoms with Crippen LogP contribution in [0.1, 0.15) is 26.3 Å². The van der Waals surface area contributed by atoms with E-state index in [9.17, 15) is 5.11 Å². The van der Waals surface area contributed by atoms with E-state index in [4.69, 9.17) is 5.73 Å². The molecule has 102 valence electrons. The number of aromatic hydroxyl groups is 1. The SMILES string of the molecule is Cn1ncc(-c2cc(Br)cc(C(C)(C)C)c2O)c1N. The van der Waals surface area contributed by atoms with Crippen molar-refractivity contribution in [1.29, 1.82) is 0 Å². The predicted molar refractivity (Wildman–Crippen MR) is 81.1 cm³/mol. The number of rotatable bonds is 1. The van der Waals surface area contributed by atoms with Crippen LogP contribution < -0.4 is 5.73 Å². The Kier molecular flexibility index (Phi) is 3.34. The van der Waals surface area contributed by atoms with E-state index < -0.39 is 0 Å². The molecule has 0 unspecified atom stereocenters. The topological polar surface area (TPSA) is 64.1 Å². The second-order valence-corrected chi connectivity index (χ2v) is 6.58.